The van der Waals surface area contributed by atoms with Crippen molar-refractivity contribution in [1.29, 1.82) is 10.5 Å². The summed E-state index contributed by atoms with van der Waals surface area (Å²) in [6.45, 7) is 4.76. The van der Waals surface area contributed by atoms with Crippen LogP contribution >= 0.6 is 0 Å². The number of ether oxygens (including phenoxy) is 1. The molecule has 0 saturated carbocycles. The number of nitriles is 2. The van der Waals surface area contributed by atoms with Crippen LogP contribution in [0, 0.1) is 28.6 Å². The Morgan fingerprint density at radius 2 is 2.06 bits per heavy atom. The molecule has 3 atom stereocenters. The Labute approximate surface area is 180 Å². The SMILES string of the molecule is CC1C([C@H](C)CC#N)N(C(=O)O)CCN1c1ncc(OCc2ccncc2C#N)cn1. The average Bonchev–Trinajstić information content (AvgIpc) is 2.78. The topological polar surface area (TPSA) is 139 Å². The van der Waals surface area contributed by atoms with E-state index >= 15 is 0 Å². The molecule has 31 heavy (non-hydrogen) atoms. The van der Waals surface area contributed by atoms with E-state index in [2.05, 4.69) is 27.1 Å². The minimum Gasteiger partial charge on any atom is -0.486 e. The predicted molar refractivity (Wildman–Crippen MR) is 110 cm³/mol. The maximum atomic E-state index is 11.7. The van der Waals surface area contributed by atoms with Crippen LogP contribution in [0.4, 0.5) is 10.7 Å². The van der Waals surface area contributed by atoms with E-state index in [4.69, 9.17) is 15.3 Å². The molecule has 0 radical (unpaired) electrons. The monoisotopic (exact) mass is 421 g/mol. The first-order valence-electron chi connectivity index (χ1n) is 9.87. The predicted octanol–water partition coefficient (Wildman–Crippen LogP) is 2.43. The zero-order valence-corrected chi connectivity index (χ0v) is 17.3. The van der Waals surface area contributed by atoms with E-state index in [-0.39, 0.29) is 31.0 Å². The highest BCUT2D eigenvalue weighted by Gasteiger charge is 2.40. The number of hydrogen-bond donors (Lipinski definition) is 1. The number of aromatic nitrogens is 3. The zero-order chi connectivity index (χ0) is 22.4. The minimum atomic E-state index is -0.987. The molecule has 10 nitrogen and oxygen atoms in total. The summed E-state index contributed by atoms with van der Waals surface area (Å²) in [6.07, 6.45) is 5.47. The molecule has 2 unspecified atom stereocenters. The lowest BCUT2D eigenvalue weighted by Gasteiger charge is -2.47. The number of anilines is 1. The summed E-state index contributed by atoms with van der Waals surface area (Å²) in [5.74, 6) is 0.799. The molecule has 1 aliphatic rings. The van der Waals surface area contributed by atoms with E-state index in [1.165, 1.54) is 11.1 Å². The van der Waals surface area contributed by atoms with E-state index in [1.807, 2.05) is 18.7 Å². The molecular weight excluding hydrogens is 398 g/mol. The van der Waals surface area contributed by atoms with Crippen LogP contribution in [0.2, 0.25) is 0 Å². The molecule has 1 aliphatic heterocycles. The number of carbonyl (C=O) groups is 1. The Hall–Kier alpha value is -3.92. The fraction of sp³-hybridized carbons (Fsp3) is 0.429. The Bertz CT molecular complexity index is 999. The van der Waals surface area contributed by atoms with Gasteiger partial charge in [-0.25, -0.2) is 14.8 Å². The lowest BCUT2D eigenvalue weighted by atomic mass is 9.89. The Balaban J connectivity index is 1.72. The van der Waals surface area contributed by atoms with Gasteiger partial charge in [-0.3, -0.25) is 4.98 Å². The lowest BCUT2D eigenvalue weighted by molar-refractivity contribution is 0.0841. The average molecular weight is 421 g/mol. The third-order valence-corrected chi connectivity index (χ3v) is 5.47. The Morgan fingerprint density at radius 3 is 2.71 bits per heavy atom. The summed E-state index contributed by atoms with van der Waals surface area (Å²) in [6, 6.07) is 5.39. The van der Waals surface area contributed by atoms with Gasteiger partial charge in [0, 0.05) is 37.5 Å². The first kappa shape index (κ1) is 21.8. The van der Waals surface area contributed by atoms with Gasteiger partial charge in [0.05, 0.1) is 36.1 Å². The van der Waals surface area contributed by atoms with Crippen LogP contribution in [0.15, 0.2) is 30.9 Å². The van der Waals surface area contributed by atoms with Crippen molar-refractivity contribution >= 4 is 12.0 Å². The number of nitrogens with zero attached hydrogens (tertiary/aromatic N) is 7. The van der Waals surface area contributed by atoms with Crippen molar-refractivity contribution in [3.8, 4) is 17.9 Å². The second-order valence-electron chi connectivity index (χ2n) is 7.39. The van der Waals surface area contributed by atoms with E-state index in [9.17, 15) is 9.90 Å². The Kier molecular flexibility index (Phi) is 6.83. The molecule has 1 N–H and O–H groups in total. The van der Waals surface area contributed by atoms with Crippen molar-refractivity contribution in [2.24, 2.45) is 5.92 Å². The normalized spacial score (nSPS) is 19.2. The van der Waals surface area contributed by atoms with Crippen LogP contribution in [0.25, 0.3) is 0 Å². The van der Waals surface area contributed by atoms with Crippen LogP contribution in [0.5, 0.6) is 5.75 Å². The van der Waals surface area contributed by atoms with Crippen molar-refractivity contribution in [2.45, 2.75) is 39.0 Å². The van der Waals surface area contributed by atoms with Crippen molar-refractivity contribution in [3.05, 3.63) is 42.0 Å². The van der Waals surface area contributed by atoms with E-state index < -0.39 is 6.09 Å². The summed E-state index contributed by atoms with van der Waals surface area (Å²) in [7, 11) is 0. The summed E-state index contributed by atoms with van der Waals surface area (Å²) in [4.78, 5) is 27.8. The highest BCUT2D eigenvalue weighted by Crippen LogP contribution is 2.28. The molecule has 160 valence electrons. The van der Waals surface area contributed by atoms with Crippen molar-refractivity contribution in [2.75, 3.05) is 18.0 Å². The van der Waals surface area contributed by atoms with Gasteiger partial charge in [0.2, 0.25) is 5.95 Å². The molecule has 0 bridgehead atoms. The smallest absolute Gasteiger partial charge is 0.407 e. The summed E-state index contributed by atoms with van der Waals surface area (Å²) in [5.41, 5.74) is 1.16. The fourth-order valence-corrected chi connectivity index (χ4v) is 3.91. The maximum absolute atomic E-state index is 11.7. The van der Waals surface area contributed by atoms with Gasteiger partial charge in [0.25, 0.3) is 0 Å². The first-order valence-corrected chi connectivity index (χ1v) is 9.87. The molecule has 1 saturated heterocycles. The van der Waals surface area contributed by atoms with E-state index in [0.717, 1.165) is 0 Å². The molecule has 1 fully saturated rings. The van der Waals surface area contributed by atoms with Crippen LogP contribution < -0.4 is 9.64 Å². The van der Waals surface area contributed by atoms with Gasteiger partial charge in [-0.2, -0.15) is 10.5 Å². The number of piperazine rings is 1. The molecule has 10 heteroatoms. The molecule has 1 amide bonds. The second-order valence-corrected chi connectivity index (χ2v) is 7.39. The molecule has 0 spiro atoms. The zero-order valence-electron chi connectivity index (χ0n) is 17.3. The number of carboxylic acid groups (broad SMARTS) is 1. The lowest BCUT2D eigenvalue weighted by Crippen LogP contribution is -2.62. The van der Waals surface area contributed by atoms with Crippen LogP contribution in [-0.4, -0.2) is 56.2 Å². The standard InChI is InChI=1S/C21H23N7O3/c1-14(3-5-22)19-15(2)27(7-8-28(19)21(29)30)20-25-11-18(12-26-20)31-13-16-4-6-24-10-17(16)9-23/h4,6,10-12,14-15,19H,3,7-8,13H2,1-2H3,(H,29,30)/t14-,15?,19?/m1/s1. The molecule has 0 aromatic carbocycles. The summed E-state index contributed by atoms with van der Waals surface area (Å²) in [5, 5.41) is 27.8. The van der Waals surface area contributed by atoms with Gasteiger partial charge in [0.1, 0.15) is 12.7 Å². The first-order chi connectivity index (χ1) is 15.0. The maximum Gasteiger partial charge on any atom is 0.407 e. The number of pyridine rings is 1. The third-order valence-electron chi connectivity index (χ3n) is 5.47. The van der Waals surface area contributed by atoms with Gasteiger partial charge in [-0.15, -0.1) is 0 Å². The molecule has 3 rings (SSSR count). The molecule has 2 aromatic rings. The molecule has 3 heterocycles. The molecular formula is C21H23N7O3. The van der Waals surface area contributed by atoms with Crippen molar-refractivity contribution in [1.82, 2.24) is 19.9 Å². The van der Waals surface area contributed by atoms with Crippen LogP contribution in [0.1, 0.15) is 31.4 Å². The van der Waals surface area contributed by atoms with Gasteiger partial charge in [0.15, 0.2) is 5.75 Å². The number of amides is 1. The summed E-state index contributed by atoms with van der Waals surface area (Å²) >= 11 is 0. The highest BCUT2D eigenvalue weighted by molar-refractivity contribution is 5.66. The van der Waals surface area contributed by atoms with Gasteiger partial charge in [-0.05, 0) is 18.9 Å². The van der Waals surface area contributed by atoms with Crippen molar-refractivity contribution < 1.29 is 14.6 Å². The summed E-state index contributed by atoms with van der Waals surface area (Å²) < 4.78 is 5.70. The van der Waals surface area contributed by atoms with E-state index in [1.54, 1.807) is 24.7 Å². The fourth-order valence-electron chi connectivity index (χ4n) is 3.91. The third kappa shape index (κ3) is 4.81. The largest absolute Gasteiger partial charge is 0.486 e. The van der Waals surface area contributed by atoms with Crippen molar-refractivity contribution in [3.63, 3.8) is 0 Å². The molecule has 0 aliphatic carbocycles. The minimum absolute atomic E-state index is 0.129. The quantitative estimate of drug-likeness (QED) is 0.744. The van der Waals surface area contributed by atoms with Gasteiger partial charge < -0.3 is 19.6 Å². The molecule has 2 aromatic heterocycles. The van der Waals surface area contributed by atoms with Gasteiger partial charge in [-0.1, -0.05) is 6.92 Å². The Morgan fingerprint density at radius 1 is 1.32 bits per heavy atom. The highest BCUT2D eigenvalue weighted by atomic mass is 16.5. The van der Waals surface area contributed by atoms with E-state index in [0.29, 0.717) is 35.9 Å². The second kappa shape index (κ2) is 9.72. The number of rotatable bonds is 6. The van der Waals surface area contributed by atoms with Gasteiger partial charge >= 0.3 is 6.09 Å². The van der Waals surface area contributed by atoms with Crippen LogP contribution in [0.3, 0.4) is 0 Å². The van der Waals surface area contributed by atoms with Crippen LogP contribution in [-0.2, 0) is 6.61 Å². The number of hydrogen-bond acceptors (Lipinski definition) is 8.